The fourth-order valence-corrected chi connectivity index (χ4v) is 7.23. The first-order valence-electron chi connectivity index (χ1n) is 14.8. The lowest BCUT2D eigenvalue weighted by Crippen LogP contribution is -2.38. The van der Waals surface area contributed by atoms with Gasteiger partial charge < -0.3 is 10.0 Å². The summed E-state index contributed by atoms with van der Waals surface area (Å²) in [7, 11) is 0. The number of alkyl halides is 3. The summed E-state index contributed by atoms with van der Waals surface area (Å²) in [6, 6.07) is 15.6. The molecule has 1 N–H and O–H groups in total. The molecule has 1 saturated heterocycles. The number of thiophene rings is 1. The van der Waals surface area contributed by atoms with E-state index in [2.05, 4.69) is 47.3 Å². The molecule has 4 aromatic rings. The minimum atomic E-state index is -4.93. The van der Waals surface area contributed by atoms with Gasteiger partial charge in [0.1, 0.15) is 5.56 Å². The number of nitrogens with zero attached hydrogens (tertiary/aromatic N) is 4. The Bertz CT molecular complexity index is 1680. The molecule has 0 spiro atoms. The molecule has 11 heteroatoms. The summed E-state index contributed by atoms with van der Waals surface area (Å²) in [6.45, 7) is 5.77. The van der Waals surface area contributed by atoms with Gasteiger partial charge in [0.25, 0.3) is 0 Å². The van der Waals surface area contributed by atoms with Gasteiger partial charge in [-0.3, -0.25) is 4.79 Å². The van der Waals surface area contributed by atoms with E-state index in [0.29, 0.717) is 28.4 Å². The Labute approximate surface area is 257 Å². The van der Waals surface area contributed by atoms with Crippen molar-refractivity contribution in [1.29, 1.82) is 0 Å². The van der Waals surface area contributed by atoms with Crippen LogP contribution in [0, 0.1) is 12.8 Å². The van der Waals surface area contributed by atoms with Crippen molar-refractivity contribution in [1.82, 2.24) is 19.7 Å². The first kappa shape index (κ1) is 30.1. The predicted molar refractivity (Wildman–Crippen MR) is 161 cm³/mol. The van der Waals surface area contributed by atoms with Crippen LogP contribution in [0.4, 0.5) is 13.2 Å². The van der Waals surface area contributed by atoms with E-state index < -0.39 is 23.4 Å². The molecule has 44 heavy (non-hydrogen) atoms. The number of piperidine rings is 1. The summed E-state index contributed by atoms with van der Waals surface area (Å²) in [4.78, 5) is 32.3. The van der Waals surface area contributed by atoms with Crippen LogP contribution in [0.15, 0.2) is 54.7 Å². The molecule has 4 heterocycles. The van der Waals surface area contributed by atoms with Crippen LogP contribution in [-0.2, 0) is 17.4 Å². The molecule has 3 aromatic heterocycles. The van der Waals surface area contributed by atoms with Gasteiger partial charge in [0.2, 0.25) is 5.91 Å². The van der Waals surface area contributed by atoms with Crippen molar-refractivity contribution < 1.29 is 27.9 Å². The van der Waals surface area contributed by atoms with Gasteiger partial charge >= 0.3 is 12.1 Å². The number of benzene rings is 1. The molecular weight excluding hydrogens is 589 g/mol. The minimum Gasteiger partial charge on any atom is -0.478 e. The fourth-order valence-electron chi connectivity index (χ4n) is 6.13. The number of aromatic carboxylic acids is 1. The smallest absolute Gasteiger partial charge is 0.434 e. The summed E-state index contributed by atoms with van der Waals surface area (Å²) in [5.41, 5.74) is 1.75. The van der Waals surface area contributed by atoms with Crippen molar-refractivity contribution in [2.24, 2.45) is 5.92 Å². The van der Waals surface area contributed by atoms with Crippen LogP contribution in [0.25, 0.3) is 16.4 Å². The largest absolute Gasteiger partial charge is 0.478 e. The molecule has 1 aliphatic carbocycles. The maximum Gasteiger partial charge on any atom is 0.434 e. The average molecular weight is 623 g/mol. The normalized spacial score (nSPS) is 16.7. The number of carboxylic acid groups (broad SMARTS) is 1. The quantitative estimate of drug-likeness (QED) is 0.220. The van der Waals surface area contributed by atoms with Crippen molar-refractivity contribution in [2.45, 2.75) is 64.0 Å². The Morgan fingerprint density at radius 2 is 1.77 bits per heavy atom. The molecule has 1 aliphatic heterocycles. The van der Waals surface area contributed by atoms with Crippen LogP contribution >= 0.6 is 11.3 Å². The molecule has 1 saturated carbocycles. The SMILES string of the molecule is Cc1cc(C(C)Cc2ccc(C3CCN(C(=O)C4CC4)CC3)cc2)c(-c2cccc(-n3ncc(C(=O)O)c3C(F)(F)F)n2)s1. The van der Waals surface area contributed by atoms with E-state index in [1.54, 1.807) is 12.1 Å². The fraction of sp³-hybridized carbons (Fsp3) is 0.394. The summed E-state index contributed by atoms with van der Waals surface area (Å²) >= 11 is 1.52. The highest BCUT2D eigenvalue weighted by molar-refractivity contribution is 7.15. The molecule has 1 aromatic carbocycles. The maximum atomic E-state index is 13.8. The number of halogens is 3. The van der Waals surface area contributed by atoms with Gasteiger partial charge in [-0.05, 0) is 85.8 Å². The third-order valence-electron chi connectivity index (χ3n) is 8.59. The van der Waals surface area contributed by atoms with Crippen LogP contribution < -0.4 is 0 Å². The van der Waals surface area contributed by atoms with Crippen molar-refractivity contribution >= 4 is 23.2 Å². The molecule has 230 valence electrons. The van der Waals surface area contributed by atoms with Crippen molar-refractivity contribution in [3.63, 3.8) is 0 Å². The summed E-state index contributed by atoms with van der Waals surface area (Å²) < 4.78 is 42.0. The number of amides is 1. The molecule has 2 fully saturated rings. The zero-order chi connectivity index (χ0) is 31.2. The molecule has 1 amide bonds. The summed E-state index contributed by atoms with van der Waals surface area (Å²) in [5, 5.41) is 13.0. The number of aryl methyl sites for hydroxylation is 1. The number of carbonyl (C=O) groups excluding carboxylic acids is 1. The molecule has 0 bridgehead atoms. The van der Waals surface area contributed by atoms with Crippen LogP contribution in [0.1, 0.15) is 82.1 Å². The molecule has 7 nitrogen and oxygen atoms in total. The van der Waals surface area contributed by atoms with Crippen LogP contribution in [0.2, 0.25) is 0 Å². The number of carboxylic acids is 1. The Kier molecular flexibility index (Phi) is 8.08. The molecular formula is C33H33F3N4O3S. The second kappa shape index (κ2) is 11.8. The second-order valence-corrected chi connectivity index (χ2v) is 13.1. The standard InChI is InChI=1S/C33H33F3N4O3S/c1-19(16-21-6-8-22(9-7-21)23-12-14-39(15-13-23)31(41)24-10-11-24)25-17-20(2)44-29(25)27-4-3-5-28(38-27)40-30(33(34,35)36)26(18-37-40)32(42)43/h3-9,17-19,23-24H,10-16H2,1-2H3,(H,42,43). The topological polar surface area (TPSA) is 88.3 Å². The lowest BCUT2D eigenvalue weighted by Gasteiger charge is -2.32. The van der Waals surface area contributed by atoms with Crippen LogP contribution in [-0.4, -0.2) is 49.7 Å². The average Bonchev–Trinajstić information content (AvgIpc) is 3.61. The van der Waals surface area contributed by atoms with E-state index in [1.165, 1.54) is 28.5 Å². The van der Waals surface area contributed by atoms with Crippen LogP contribution in [0.5, 0.6) is 0 Å². The second-order valence-electron chi connectivity index (χ2n) is 11.9. The molecule has 1 atom stereocenters. The number of rotatable bonds is 8. The number of hydrogen-bond donors (Lipinski definition) is 1. The number of aromatic nitrogens is 3. The van der Waals surface area contributed by atoms with E-state index in [0.717, 1.165) is 60.5 Å². The molecule has 0 radical (unpaired) electrons. The van der Waals surface area contributed by atoms with E-state index in [4.69, 9.17) is 0 Å². The first-order chi connectivity index (χ1) is 21.0. The monoisotopic (exact) mass is 622 g/mol. The zero-order valence-electron chi connectivity index (χ0n) is 24.5. The molecule has 2 aliphatic rings. The van der Waals surface area contributed by atoms with E-state index >= 15 is 0 Å². The highest BCUT2D eigenvalue weighted by atomic mass is 32.1. The highest BCUT2D eigenvalue weighted by Crippen LogP contribution is 2.39. The lowest BCUT2D eigenvalue weighted by atomic mass is 9.87. The number of likely N-dealkylation sites (tertiary alicyclic amines) is 1. The summed E-state index contributed by atoms with van der Waals surface area (Å²) in [5.74, 6) is -0.650. The minimum absolute atomic E-state index is 0.106. The van der Waals surface area contributed by atoms with Gasteiger partial charge in [0.05, 0.1) is 16.8 Å². The maximum absolute atomic E-state index is 13.8. The van der Waals surface area contributed by atoms with E-state index in [9.17, 15) is 27.9 Å². The van der Waals surface area contributed by atoms with Crippen molar-refractivity contribution in [3.8, 4) is 16.4 Å². The number of pyridine rings is 1. The molecule has 1 unspecified atom stereocenters. The zero-order valence-corrected chi connectivity index (χ0v) is 25.3. The Balaban J connectivity index is 1.18. The predicted octanol–water partition coefficient (Wildman–Crippen LogP) is 7.48. The van der Waals surface area contributed by atoms with Gasteiger partial charge in [-0.1, -0.05) is 37.3 Å². The third kappa shape index (κ3) is 6.15. The van der Waals surface area contributed by atoms with Gasteiger partial charge in [0, 0.05) is 23.9 Å². The Morgan fingerprint density at radius 1 is 1.07 bits per heavy atom. The lowest BCUT2D eigenvalue weighted by molar-refractivity contribution is -0.143. The Morgan fingerprint density at radius 3 is 2.41 bits per heavy atom. The van der Waals surface area contributed by atoms with Gasteiger partial charge in [-0.25, -0.2) is 14.5 Å². The van der Waals surface area contributed by atoms with Crippen molar-refractivity contribution in [2.75, 3.05) is 13.1 Å². The van der Waals surface area contributed by atoms with Crippen LogP contribution in [0.3, 0.4) is 0 Å². The van der Waals surface area contributed by atoms with Gasteiger partial charge in [0.15, 0.2) is 11.5 Å². The van der Waals surface area contributed by atoms with Gasteiger partial charge in [-0.2, -0.15) is 18.3 Å². The Hall–Kier alpha value is -3.99. The van der Waals surface area contributed by atoms with E-state index in [1.807, 2.05) is 11.8 Å². The highest BCUT2D eigenvalue weighted by Gasteiger charge is 2.41. The summed E-state index contributed by atoms with van der Waals surface area (Å²) in [6.07, 6.45) is 0.595. The number of hydrogen-bond acceptors (Lipinski definition) is 5. The molecule has 6 rings (SSSR count). The third-order valence-corrected chi connectivity index (χ3v) is 9.68. The first-order valence-corrected chi connectivity index (χ1v) is 15.7. The van der Waals surface area contributed by atoms with Gasteiger partial charge in [-0.15, -0.1) is 11.3 Å². The van der Waals surface area contributed by atoms with E-state index in [-0.39, 0.29) is 17.7 Å². The van der Waals surface area contributed by atoms with Crippen molar-refractivity contribution in [3.05, 3.63) is 87.6 Å². The number of carbonyl (C=O) groups is 2.